The molecule has 0 unspecified atom stereocenters. The van der Waals surface area contributed by atoms with Crippen molar-refractivity contribution in [2.24, 2.45) is 0 Å². The average Bonchev–Trinajstić information content (AvgIpc) is 3.17. The normalized spacial score (nSPS) is 14.4. The lowest BCUT2D eigenvalue weighted by molar-refractivity contribution is 0.295. The number of ether oxygens (including phenoxy) is 1. The number of aryl methyl sites for hydroxylation is 2. The summed E-state index contributed by atoms with van der Waals surface area (Å²) in [6.45, 7) is 9.44. The Labute approximate surface area is 116 Å². The van der Waals surface area contributed by atoms with Gasteiger partial charge in [-0.2, -0.15) is 0 Å². The summed E-state index contributed by atoms with van der Waals surface area (Å²) in [7, 11) is 0. The number of hydrogen-bond donors (Lipinski definition) is 1. The van der Waals surface area contributed by atoms with Gasteiger partial charge in [0.1, 0.15) is 0 Å². The summed E-state index contributed by atoms with van der Waals surface area (Å²) in [6, 6.07) is 2.83. The quantitative estimate of drug-likeness (QED) is 0.575. The molecule has 0 aliphatic heterocycles. The molecule has 1 aliphatic carbocycles. The molecule has 0 atom stereocenters. The van der Waals surface area contributed by atoms with Crippen LogP contribution in [0, 0.1) is 13.8 Å². The van der Waals surface area contributed by atoms with Gasteiger partial charge in [0.2, 0.25) is 5.88 Å². The van der Waals surface area contributed by atoms with Gasteiger partial charge >= 0.3 is 0 Å². The molecule has 0 bridgehead atoms. The van der Waals surface area contributed by atoms with Crippen molar-refractivity contribution in [1.29, 1.82) is 0 Å². The standard InChI is InChI=1S/C16H24N2O/c1-4-5-6-9-19-16-15(11-17-14-7-8-14)12(2)10-13(3)18-16/h4,10,14,17H,1,5-9,11H2,2-3H3. The molecule has 1 aromatic heterocycles. The van der Waals surface area contributed by atoms with E-state index in [0.717, 1.165) is 31.0 Å². The molecule has 1 aliphatic rings. The van der Waals surface area contributed by atoms with Crippen molar-refractivity contribution in [2.75, 3.05) is 6.61 Å². The van der Waals surface area contributed by atoms with Crippen LogP contribution >= 0.6 is 0 Å². The largest absolute Gasteiger partial charge is 0.477 e. The van der Waals surface area contributed by atoms with Gasteiger partial charge in [-0.05, 0) is 51.2 Å². The summed E-state index contributed by atoms with van der Waals surface area (Å²) >= 11 is 0. The van der Waals surface area contributed by atoms with E-state index < -0.39 is 0 Å². The second-order valence-corrected chi connectivity index (χ2v) is 5.30. The number of unbranched alkanes of at least 4 members (excludes halogenated alkanes) is 1. The maximum Gasteiger partial charge on any atom is 0.218 e. The van der Waals surface area contributed by atoms with E-state index in [1.165, 1.54) is 24.0 Å². The van der Waals surface area contributed by atoms with Crippen molar-refractivity contribution < 1.29 is 4.74 Å². The Balaban J connectivity index is 2.01. The molecular formula is C16H24N2O. The zero-order chi connectivity index (χ0) is 13.7. The maximum atomic E-state index is 5.85. The van der Waals surface area contributed by atoms with Gasteiger partial charge in [0.05, 0.1) is 6.61 Å². The second kappa shape index (κ2) is 6.71. The van der Waals surface area contributed by atoms with E-state index in [1.807, 2.05) is 13.0 Å². The fourth-order valence-electron chi connectivity index (χ4n) is 2.09. The summed E-state index contributed by atoms with van der Waals surface area (Å²) < 4.78 is 5.85. The Morgan fingerprint density at radius 2 is 2.26 bits per heavy atom. The van der Waals surface area contributed by atoms with Crippen molar-refractivity contribution in [2.45, 2.75) is 52.1 Å². The van der Waals surface area contributed by atoms with Crippen LogP contribution in [0.5, 0.6) is 5.88 Å². The van der Waals surface area contributed by atoms with Crippen LogP contribution in [0.15, 0.2) is 18.7 Å². The first-order chi connectivity index (χ1) is 9.20. The molecule has 0 saturated heterocycles. The van der Waals surface area contributed by atoms with Gasteiger partial charge in [-0.25, -0.2) is 4.98 Å². The Bertz CT molecular complexity index is 439. The molecule has 1 heterocycles. The van der Waals surface area contributed by atoms with E-state index in [4.69, 9.17) is 4.74 Å². The molecule has 3 heteroatoms. The highest BCUT2D eigenvalue weighted by atomic mass is 16.5. The van der Waals surface area contributed by atoms with Crippen molar-refractivity contribution in [3.05, 3.63) is 35.5 Å². The lowest BCUT2D eigenvalue weighted by Gasteiger charge is -2.14. The predicted octanol–water partition coefficient (Wildman–Crippen LogP) is 3.30. The third-order valence-corrected chi connectivity index (χ3v) is 3.37. The van der Waals surface area contributed by atoms with Gasteiger partial charge in [0, 0.05) is 23.8 Å². The summed E-state index contributed by atoms with van der Waals surface area (Å²) in [6.07, 6.45) is 6.50. The van der Waals surface area contributed by atoms with Crippen LogP contribution in [-0.4, -0.2) is 17.6 Å². The first-order valence-corrected chi connectivity index (χ1v) is 7.15. The summed E-state index contributed by atoms with van der Waals surface area (Å²) in [5.74, 6) is 0.801. The second-order valence-electron chi connectivity index (χ2n) is 5.30. The first-order valence-electron chi connectivity index (χ1n) is 7.15. The minimum absolute atomic E-state index is 0.703. The highest BCUT2D eigenvalue weighted by Crippen LogP contribution is 2.24. The molecule has 0 radical (unpaired) electrons. The molecule has 0 spiro atoms. The van der Waals surface area contributed by atoms with Crippen LogP contribution in [0.4, 0.5) is 0 Å². The molecule has 104 valence electrons. The SMILES string of the molecule is C=CCCCOc1nc(C)cc(C)c1CNC1CC1. The predicted molar refractivity (Wildman–Crippen MR) is 78.5 cm³/mol. The lowest BCUT2D eigenvalue weighted by Crippen LogP contribution is -2.18. The van der Waals surface area contributed by atoms with Crippen LogP contribution in [-0.2, 0) is 6.54 Å². The van der Waals surface area contributed by atoms with Gasteiger partial charge in [-0.1, -0.05) is 6.08 Å². The monoisotopic (exact) mass is 260 g/mol. The Morgan fingerprint density at radius 3 is 2.95 bits per heavy atom. The molecule has 0 aromatic carbocycles. The summed E-state index contributed by atoms with van der Waals surface area (Å²) in [4.78, 5) is 4.54. The molecule has 1 aromatic rings. The fraction of sp³-hybridized carbons (Fsp3) is 0.562. The number of pyridine rings is 1. The van der Waals surface area contributed by atoms with E-state index in [-0.39, 0.29) is 0 Å². The molecule has 3 nitrogen and oxygen atoms in total. The van der Waals surface area contributed by atoms with Crippen LogP contribution in [0.1, 0.15) is 42.5 Å². The van der Waals surface area contributed by atoms with E-state index in [1.54, 1.807) is 0 Å². The lowest BCUT2D eigenvalue weighted by atomic mass is 10.1. The Kier molecular flexibility index (Phi) is 4.97. The van der Waals surface area contributed by atoms with Crippen LogP contribution in [0.3, 0.4) is 0 Å². The number of nitrogens with one attached hydrogen (secondary N) is 1. The van der Waals surface area contributed by atoms with Gasteiger partial charge in [-0.15, -0.1) is 6.58 Å². The van der Waals surface area contributed by atoms with Crippen molar-refractivity contribution in [3.8, 4) is 5.88 Å². The van der Waals surface area contributed by atoms with Crippen LogP contribution in [0.2, 0.25) is 0 Å². The van der Waals surface area contributed by atoms with E-state index in [9.17, 15) is 0 Å². The number of nitrogens with zero attached hydrogens (tertiary/aromatic N) is 1. The topological polar surface area (TPSA) is 34.1 Å². The number of allylic oxidation sites excluding steroid dienone is 1. The van der Waals surface area contributed by atoms with E-state index >= 15 is 0 Å². The van der Waals surface area contributed by atoms with E-state index in [2.05, 4.69) is 29.9 Å². The molecule has 1 fully saturated rings. The minimum atomic E-state index is 0.703. The molecular weight excluding hydrogens is 236 g/mol. The van der Waals surface area contributed by atoms with Crippen molar-refractivity contribution in [1.82, 2.24) is 10.3 Å². The summed E-state index contributed by atoms with van der Waals surface area (Å²) in [5, 5.41) is 3.54. The molecule has 1 saturated carbocycles. The molecule has 19 heavy (non-hydrogen) atoms. The Hall–Kier alpha value is -1.35. The minimum Gasteiger partial charge on any atom is -0.477 e. The summed E-state index contributed by atoms with van der Waals surface area (Å²) in [5.41, 5.74) is 3.49. The van der Waals surface area contributed by atoms with Crippen LogP contribution < -0.4 is 10.1 Å². The van der Waals surface area contributed by atoms with E-state index in [0.29, 0.717) is 12.6 Å². The van der Waals surface area contributed by atoms with Gasteiger partial charge in [0.15, 0.2) is 0 Å². The number of rotatable bonds is 8. The van der Waals surface area contributed by atoms with Crippen LogP contribution in [0.25, 0.3) is 0 Å². The van der Waals surface area contributed by atoms with Crippen molar-refractivity contribution >= 4 is 0 Å². The maximum absolute atomic E-state index is 5.85. The fourth-order valence-corrected chi connectivity index (χ4v) is 2.09. The highest BCUT2D eigenvalue weighted by Gasteiger charge is 2.21. The third-order valence-electron chi connectivity index (χ3n) is 3.37. The van der Waals surface area contributed by atoms with Gasteiger partial charge in [0.25, 0.3) is 0 Å². The third kappa shape index (κ3) is 4.35. The highest BCUT2D eigenvalue weighted by molar-refractivity contribution is 5.36. The molecule has 2 rings (SSSR count). The Morgan fingerprint density at radius 1 is 1.47 bits per heavy atom. The zero-order valence-corrected chi connectivity index (χ0v) is 12.0. The molecule has 0 amide bonds. The first kappa shape index (κ1) is 14.1. The number of aromatic nitrogens is 1. The average molecular weight is 260 g/mol. The van der Waals surface area contributed by atoms with Gasteiger partial charge in [-0.3, -0.25) is 0 Å². The van der Waals surface area contributed by atoms with Gasteiger partial charge < -0.3 is 10.1 Å². The molecule has 1 N–H and O–H groups in total. The van der Waals surface area contributed by atoms with Crippen molar-refractivity contribution in [3.63, 3.8) is 0 Å². The smallest absolute Gasteiger partial charge is 0.218 e. The number of hydrogen-bond acceptors (Lipinski definition) is 3. The zero-order valence-electron chi connectivity index (χ0n) is 12.0.